The summed E-state index contributed by atoms with van der Waals surface area (Å²) < 4.78 is 0. The van der Waals surface area contributed by atoms with Gasteiger partial charge in [-0.1, -0.05) is 23.7 Å². The van der Waals surface area contributed by atoms with Crippen molar-refractivity contribution in [2.24, 2.45) is 0 Å². The first-order chi connectivity index (χ1) is 17.3. The number of halogens is 1. The summed E-state index contributed by atoms with van der Waals surface area (Å²) in [5, 5.41) is 6.79. The molecule has 0 fully saturated rings. The highest BCUT2D eigenvalue weighted by Crippen LogP contribution is 2.27. The van der Waals surface area contributed by atoms with Crippen LogP contribution in [-0.2, 0) is 0 Å². The standard InChI is InChI=1S/C27H36ClN7O/c1-6-34(7-2)22-14-12-21(13-15-22)31-24-18-25(30-19-29-24)35(17-9-16-33(4)5)27(36)32-26-20(3)10-8-11-23(26)28/h8,10-15,18-19H,6-7,9,16-17H2,1-5H3,(H,32,36)(H,29,30,31). The summed E-state index contributed by atoms with van der Waals surface area (Å²) >= 11 is 6.36. The van der Waals surface area contributed by atoms with E-state index in [4.69, 9.17) is 11.6 Å². The number of para-hydroxylation sites is 1. The predicted octanol–water partition coefficient (Wildman–Crippen LogP) is 6.02. The van der Waals surface area contributed by atoms with Gasteiger partial charge in [0.25, 0.3) is 0 Å². The zero-order valence-electron chi connectivity index (χ0n) is 21.8. The van der Waals surface area contributed by atoms with Crippen LogP contribution in [0, 0.1) is 6.92 Å². The Morgan fingerprint density at radius 1 is 1.00 bits per heavy atom. The number of hydrogen-bond donors (Lipinski definition) is 2. The molecule has 0 saturated carbocycles. The van der Waals surface area contributed by atoms with Gasteiger partial charge in [0.1, 0.15) is 18.0 Å². The summed E-state index contributed by atoms with van der Waals surface area (Å²) in [7, 11) is 4.02. The van der Waals surface area contributed by atoms with E-state index in [9.17, 15) is 4.79 Å². The fourth-order valence-corrected chi connectivity index (χ4v) is 4.15. The lowest BCUT2D eigenvalue weighted by Gasteiger charge is -2.24. The highest BCUT2D eigenvalue weighted by Gasteiger charge is 2.20. The molecule has 0 radical (unpaired) electrons. The average Bonchev–Trinajstić information content (AvgIpc) is 2.86. The zero-order valence-corrected chi connectivity index (χ0v) is 22.5. The number of aromatic nitrogens is 2. The van der Waals surface area contributed by atoms with Crippen LogP contribution in [0.15, 0.2) is 54.9 Å². The molecule has 0 atom stereocenters. The van der Waals surface area contributed by atoms with Crippen molar-refractivity contribution in [3.8, 4) is 0 Å². The first-order valence-corrected chi connectivity index (χ1v) is 12.6. The molecule has 1 aromatic heterocycles. The first-order valence-electron chi connectivity index (χ1n) is 12.2. The summed E-state index contributed by atoms with van der Waals surface area (Å²) in [4.78, 5) is 28.2. The summed E-state index contributed by atoms with van der Waals surface area (Å²) in [5.74, 6) is 1.11. The Bertz CT molecular complexity index is 1110. The second-order valence-corrected chi connectivity index (χ2v) is 9.18. The smallest absolute Gasteiger partial charge is 0.327 e. The molecule has 0 aliphatic rings. The first kappa shape index (κ1) is 27.2. The Kier molecular flexibility index (Phi) is 9.90. The van der Waals surface area contributed by atoms with Crippen LogP contribution in [0.3, 0.4) is 0 Å². The molecule has 3 aromatic rings. The van der Waals surface area contributed by atoms with Crippen molar-refractivity contribution in [3.63, 3.8) is 0 Å². The van der Waals surface area contributed by atoms with Crippen molar-refractivity contribution in [1.29, 1.82) is 0 Å². The van der Waals surface area contributed by atoms with Crippen molar-refractivity contribution in [2.75, 3.05) is 60.7 Å². The van der Waals surface area contributed by atoms with Gasteiger partial charge in [-0.05, 0) is 83.7 Å². The van der Waals surface area contributed by atoms with Gasteiger partial charge < -0.3 is 20.4 Å². The number of carbonyl (C=O) groups excluding carboxylic acids is 1. The third-order valence-electron chi connectivity index (χ3n) is 5.88. The van der Waals surface area contributed by atoms with E-state index >= 15 is 0 Å². The van der Waals surface area contributed by atoms with Crippen LogP contribution >= 0.6 is 11.6 Å². The fourth-order valence-electron chi connectivity index (χ4n) is 3.89. The molecule has 2 N–H and O–H groups in total. The maximum absolute atomic E-state index is 13.4. The van der Waals surface area contributed by atoms with Gasteiger partial charge in [0.15, 0.2) is 0 Å². The molecular weight excluding hydrogens is 474 g/mol. The number of urea groups is 1. The lowest BCUT2D eigenvalue weighted by molar-refractivity contribution is 0.256. The van der Waals surface area contributed by atoms with E-state index in [1.54, 1.807) is 17.0 Å². The van der Waals surface area contributed by atoms with Gasteiger partial charge in [-0.15, -0.1) is 0 Å². The molecule has 0 spiro atoms. The van der Waals surface area contributed by atoms with Crippen LogP contribution < -0.4 is 20.4 Å². The molecule has 36 heavy (non-hydrogen) atoms. The number of benzene rings is 2. The predicted molar refractivity (Wildman–Crippen MR) is 151 cm³/mol. The molecular formula is C27H36ClN7O. The van der Waals surface area contributed by atoms with Crippen LogP contribution in [-0.4, -0.2) is 61.2 Å². The second kappa shape index (κ2) is 13.1. The van der Waals surface area contributed by atoms with E-state index in [0.29, 0.717) is 28.9 Å². The molecule has 2 aromatic carbocycles. The summed E-state index contributed by atoms with van der Waals surface area (Å²) in [6, 6.07) is 15.3. The Morgan fingerprint density at radius 3 is 2.36 bits per heavy atom. The summed E-state index contributed by atoms with van der Waals surface area (Å²) in [5.41, 5.74) is 3.57. The van der Waals surface area contributed by atoms with Gasteiger partial charge in [-0.2, -0.15) is 0 Å². The number of nitrogens with one attached hydrogen (secondary N) is 2. The molecule has 2 amide bonds. The average molecular weight is 510 g/mol. The van der Waals surface area contributed by atoms with Gasteiger partial charge in [-0.25, -0.2) is 14.8 Å². The number of hydrogen-bond acceptors (Lipinski definition) is 6. The van der Waals surface area contributed by atoms with Crippen LogP contribution in [0.25, 0.3) is 0 Å². The number of nitrogens with zero attached hydrogens (tertiary/aromatic N) is 5. The minimum absolute atomic E-state index is 0.293. The van der Waals surface area contributed by atoms with E-state index in [2.05, 4.69) is 56.4 Å². The number of rotatable bonds is 11. The van der Waals surface area contributed by atoms with Crippen LogP contribution in [0.5, 0.6) is 0 Å². The van der Waals surface area contributed by atoms with Crippen molar-refractivity contribution in [1.82, 2.24) is 14.9 Å². The fraction of sp³-hybridized carbons (Fsp3) is 0.370. The number of amides is 2. The van der Waals surface area contributed by atoms with Gasteiger partial charge in [0.2, 0.25) is 0 Å². The van der Waals surface area contributed by atoms with Gasteiger partial charge in [-0.3, -0.25) is 4.90 Å². The van der Waals surface area contributed by atoms with Crippen molar-refractivity contribution in [3.05, 3.63) is 65.4 Å². The molecule has 9 heteroatoms. The molecule has 0 bridgehead atoms. The number of carbonyl (C=O) groups is 1. The Balaban J connectivity index is 1.81. The van der Waals surface area contributed by atoms with Gasteiger partial charge in [0.05, 0.1) is 10.7 Å². The molecule has 1 heterocycles. The minimum Gasteiger partial charge on any atom is -0.372 e. The Morgan fingerprint density at radius 2 is 1.72 bits per heavy atom. The minimum atomic E-state index is -0.293. The third-order valence-corrected chi connectivity index (χ3v) is 6.20. The van der Waals surface area contributed by atoms with Crippen molar-refractivity contribution < 1.29 is 4.79 Å². The molecule has 0 aliphatic carbocycles. The largest absolute Gasteiger partial charge is 0.372 e. The molecule has 0 unspecified atom stereocenters. The quantitative estimate of drug-likeness (QED) is 0.329. The van der Waals surface area contributed by atoms with Gasteiger partial charge >= 0.3 is 6.03 Å². The highest BCUT2D eigenvalue weighted by molar-refractivity contribution is 6.34. The summed E-state index contributed by atoms with van der Waals surface area (Å²) in [6.45, 7) is 9.44. The molecule has 192 valence electrons. The van der Waals surface area contributed by atoms with Crippen molar-refractivity contribution in [2.45, 2.75) is 27.2 Å². The lowest BCUT2D eigenvalue weighted by Crippen LogP contribution is -2.37. The second-order valence-electron chi connectivity index (χ2n) is 8.78. The third kappa shape index (κ3) is 7.32. The Hall–Kier alpha value is -3.36. The van der Waals surface area contributed by atoms with Crippen LogP contribution in [0.4, 0.5) is 33.5 Å². The van der Waals surface area contributed by atoms with E-state index in [1.165, 1.54) is 12.0 Å². The lowest BCUT2D eigenvalue weighted by atomic mass is 10.2. The number of aryl methyl sites for hydroxylation is 1. The highest BCUT2D eigenvalue weighted by atomic mass is 35.5. The molecule has 0 aliphatic heterocycles. The molecule has 8 nitrogen and oxygen atoms in total. The molecule has 3 rings (SSSR count). The van der Waals surface area contributed by atoms with E-state index in [-0.39, 0.29) is 6.03 Å². The van der Waals surface area contributed by atoms with E-state index in [1.807, 2.05) is 45.3 Å². The van der Waals surface area contributed by atoms with Crippen molar-refractivity contribution >= 4 is 46.3 Å². The maximum Gasteiger partial charge on any atom is 0.327 e. The SMILES string of the molecule is CCN(CC)c1ccc(Nc2cc(N(CCCN(C)C)C(=O)Nc3c(C)cccc3Cl)ncn2)cc1. The van der Waals surface area contributed by atoms with E-state index < -0.39 is 0 Å². The Labute approximate surface area is 219 Å². The topological polar surface area (TPSA) is 76.6 Å². The monoisotopic (exact) mass is 509 g/mol. The van der Waals surface area contributed by atoms with Crippen LogP contribution in [0.2, 0.25) is 5.02 Å². The number of anilines is 5. The summed E-state index contributed by atoms with van der Waals surface area (Å²) in [6.07, 6.45) is 2.25. The van der Waals surface area contributed by atoms with E-state index in [0.717, 1.165) is 37.3 Å². The normalized spacial score (nSPS) is 10.9. The zero-order chi connectivity index (χ0) is 26.1. The maximum atomic E-state index is 13.4. The van der Waals surface area contributed by atoms with Crippen LogP contribution in [0.1, 0.15) is 25.8 Å². The van der Waals surface area contributed by atoms with Gasteiger partial charge in [0, 0.05) is 37.1 Å². The molecule has 0 saturated heterocycles.